The van der Waals surface area contributed by atoms with Crippen LogP contribution in [0.25, 0.3) is 10.9 Å². The van der Waals surface area contributed by atoms with Gasteiger partial charge in [0.15, 0.2) is 0 Å². The van der Waals surface area contributed by atoms with E-state index in [0.717, 1.165) is 35.9 Å². The molecule has 5 atom stereocenters. The highest BCUT2D eigenvalue weighted by Gasteiger charge is 2.35. The minimum Gasteiger partial charge on any atom is -0.390 e. The molecule has 1 fully saturated rings. The summed E-state index contributed by atoms with van der Waals surface area (Å²) in [6.45, 7) is 0. The Morgan fingerprint density at radius 2 is 1.57 bits per heavy atom. The second-order valence-corrected chi connectivity index (χ2v) is 13.0. The molecule has 0 radical (unpaired) electrons. The molecule has 1 heterocycles. The van der Waals surface area contributed by atoms with Gasteiger partial charge in [-0.3, -0.25) is 19.2 Å². The number of fused-ring (bicyclic) bond motifs is 1. The van der Waals surface area contributed by atoms with Crippen LogP contribution < -0.4 is 21.7 Å². The number of carbonyl (C=O) groups is 4. The minimum absolute atomic E-state index is 0.0118. The molecular weight excluding hydrogens is 614 g/mol. The molecule has 244 valence electrons. The van der Waals surface area contributed by atoms with Crippen molar-refractivity contribution >= 4 is 52.0 Å². The Morgan fingerprint density at radius 3 is 2.32 bits per heavy atom. The highest BCUT2D eigenvalue weighted by atomic mass is 32.2. The predicted molar refractivity (Wildman–Crippen MR) is 184 cm³/mol. The fourth-order valence-electron chi connectivity index (χ4n) is 5.79. The molecule has 1 saturated carbocycles. The Labute approximate surface area is 277 Å². The molecule has 11 heteroatoms. The van der Waals surface area contributed by atoms with Crippen molar-refractivity contribution in [2.75, 3.05) is 11.1 Å². The number of nitrogens with zero attached hydrogens (tertiary/aromatic N) is 1. The van der Waals surface area contributed by atoms with E-state index < -0.39 is 42.3 Å². The second-order valence-electron chi connectivity index (χ2n) is 11.7. The zero-order chi connectivity index (χ0) is 33.2. The number of aromatic nitrogens is 1. The van der Waals surface area contributed by atoms with Crippen molar-refractivity contribution in [3.05, 3.63) is 108 Å². The first-order valence-electron chi connectivity index (χ1n) is 15.7. The average Bonchev–Trinajstić information content (AvgIpc) is 3.56. The zero-order valence-electron chi connectivity index (χ0n) is 25.9. The molecule has 6 N–H and O–H groups in total. The van der Waals surface area contributed by atoms with Crippen LogP contribution in [0.3, 0.4) is 0 Å². The van der Waals surface area contributed by atoms with Crippen LogP contribution in [0.15, 0.2) is 97.1 Å². The maximum Gasteiger partial charge on any atom is 0.270 e. The van der Waals surface area contributed by atoms with Crippen LogP contribution in [0, 0.1) is 5.92 Å². The Balaban J connectivity index is 1.26. The molecule has 4 aromatic rings. The van der Waals surface area contributed by atoms with Crippen LogP contribution in [0.5, 0.6) is 0 Å². The topological polar surface area (TPSA) is 164 Å². The maximum absolute atomic E-state index is 13.6. The minimum atomic E-state index is -1.28. The van der Waals surface area contributed by atoms with Gasteiger partial charge in [0.25, 0.3) is 5.91 Å². The Bertz CT molecular complexity index is 1690. The van der Waals surface area contributed by atoms with Gasteiger partial charge >= 0.3 is 0 Å². The van der Waals surface area contributed by atoms with Crippen LogP contribution >= 0.6 is 11.8 Å². The molecule has 0 spiro atoms. The monoisotopic (exact) mass is 653 g/mol. The van der Waals surface area contributed by atoms with E-state index in [9.17, 15) is 24.3 Å². The lowest BCUT2D eigenvalue weighted by Gasteiger charge is -2.28. The fourth-order valence-corrected chi connectivity index (χ4v) is 7.29. The number of nitrogens with one attached hydrogen (secondary N) is 3. The molecule has 1 aromatic heterocycles. The first-order chi connectivity index (χ1) is 22.8. The first-order valence-corrected chi connectivity index (χ1v) is 16.8. The first kappa shape index (κ1) is 33.6. The summed E-state index contributed by atoms with van der Waals surface area (Å²) in [5.74, 6) is -2.02. The summed E-state index contributed by atoms with van der Waals surface area (Å²) in [6, 6.07) is 27.3. The van der Waals surface area contributed by atoms with Gasteiger partial charge < -0.3 is 26.8 Å². The van der Waals surface area contributed by atoms with Gasteiger partial charge in [-0.15, -0.1) is 0 Å². The molecular formula is C36H39N5O5S. The highest BCUT2D eigenvalue weighted by molar-refractivity contribution is 8.00. The Hall–Kier alpha value is -4.74. The summed E-state index contributed by atoms with van der Waals surface area (Å²) in [4.78, 5) is 56.2. The van der Waals surface area contributed by atoms with Gasteiger partial charge in [0.05, 0.1) is 30.0 Å². The highest BCUT2D eigenvalue weighted by Crippen LogP contribution is 2.36. The number of aliphatic hydroxyl groups excluding tert-OH is 1. The third-order valence-corrected chi connectivity index (χ3v) is 9.79. The van der Waals surface area contributed by atoms with Crippen LogP contribution in [-0.2, 0) is 20.8 Å². The number of rotatable bonds is 14. The van der Waals surface area contributed by atoms with Crippen molar-refractivity contribution in [2.24, 2.45) is 11.7 Å². The molecule has 5 rings (SSSR count). The van der Waals surface area contributed by atoms with Gasteiger partial charge in [0, 0.05) is 22.1 Å². The number of hydrogen-bond acceptors (Lipinski definition) is 7. The smallest absolute Gasteiger partial charge is 0.270 e. The molecule has 4 amide bonds. The van der Waals surface area contributed by atoms with E-state index in [-0.39, 0.29) is 28.5 Å². The number of pyridine rings is 1. The molecule has 0 unspecified atom stereocenters. The third-order valence-electron chi connectivity index (χ3n) is 8.26. The number of para-hydroxylation sites is 2. The molecule has 1 aliphatic rings. The van der Waals surface area contributed by atoms with Crippen LogP contribution in [0.2, 0.25) is 0 Å². The largest absolute Gasteiger partial charge is 0.390 e. The summed E-state index contributed by atoms with van der Waals surface area (Å²) in [5.41, 5.74) is 7.80. The number of nitrogens with two attached hydrogens (primary N) is 1. The molecule has 1 aliphatic carbocycles. The average molecular weight is 654 g/mol. The molecule has 0 aliphatic heterocycles. The standard InChI is InChI=1S/C36H39N5O5S/c37-33(43)21-30(41-35(45)28-19-18-24-12-7-8-16-27(24)39-28)36(46)40-29(20-23-10-3-1-4-11-23)31(42)22-47-32-17-9-15-26(32)34(44)38-25-13-5-2-6-14-25/h1-8,10-14,16,18-19,26,29-32,42H,9,15,17,20-22H2,(H2,37,43)(H,38,44)(H,40,46)(H,41,45)/t26-,29-,30-,31+,32-/m0/s1. The normalized spacial score (nSPS) is 17.7. The number of primary amides is 1. The number of carbonyl (C=O) groups excluding carboxylic acids is 4. The molecule has 0 bridgehead atoms. The SMILES string of the molecule is NC(=O)C[C@H](NC(=O)c1ccc2ccccc2n1)C(=O)N[C@@H](Cc1ccccc1)[C@H](O)CS[C@H]1CCC[C@@H]1C(=O)Nc1ccccc1. The number of benzene rings is 3. The number of hydrogen-bond donors (Lipinski definition) is 5. The van der Waals surface area contributed by atoms with Crippen LogP contribution in [0.4, 0.5) is 5.69 Å². The number of aliphatic hydroxyl groups is 1. The van der Waals surface area contributed by atoms with Crippen molar-refractivity contribution in [1.82, 2.24) is 15.6 Å². The van der Waals surface area contributed by atoms with Crippen molar-refractivity contribution in [3.63, 3.8) is 0 Å². The summed E-state index contributed by atoms with van der Waals surface area (Å²) in [5, 5.41) is 20.8. The van der Waals surface area contributed by atoms with Gasteiger partial charge in [0.2, 0.25) is 17.7 Å². The third kappa shape index (κ3) is 9.40. The number of amides is 4. The van der Waals surface area contributed by atoms with Gasteiger partial charge in [-0.05, 0) is 49.1 Å². The molecule has 3 aromatic carbocycles. The quantitative estimate of drug-likeness (QED) is 0.138. The van der Waals surface area contributed by atoms with Crippen molar-refractivity contribution in [2.45, 2.75) is 55.5 Å². The van der Waals surface area contributed by atoms with Crippen molar-refractivity contribution in [3.8, 4) is 0 Å². The second kappa shape index (κ2) is 16.2. The van der Waals surface area contributed by atoms with E-state index in [0.29, 0.717) is 11.9 Å². The molecule has 47 heavy (non-hydrogen) atoms. The Kier molecular flexibility index (Phi) is 11.6. The van der Waals surface area contributed by atoms with E-state index in [1.807, 2.05) is 78.9 Å². The van der Waals surface area contributed by atoms with E-state index >= 15 is 0 Å². The van der Waals surface area contributed by atoms with E-state index in [1.165, 1.54) is 11.8 Å². The van der Waals surface area contributed by atoms with Crippen molar-refractivity contribution < 1.29 is 24.3 Å². The lowest BCUT2D eigenvalue weighted by Crippen LogP contribution is -2.54. The van der Waals surface area contributed by atoms with E-state index in [4.69, 9.17) is 5.73 Å². The summed E-state index contributed by atoms with van der Waals surface area (Å²) in [6.07, 6.45) is 1.39. The lowest BCUT2D eigenvalue weighted by atomic mass is 10.0. The fraction of sp³-hybridized carbons (Fsp3) is 0.306. The maximum atomic E-state index is 13.6. The van der Waals surface area contributed by atoms with E-state index in [2.05, 4.69) is 20.9 Å². The molecule has 10 nitrogen and oxygen atoms in total. The summed E-state index contributed by atoms with van der Waals surface area (Å²) in [7, 11) is 0. The molecule has 0 saturated heterocycles. The van der Waals surface area contributed by atoms with Gasteiger partial charge in [-0.2, -0.15) is 11.8 Å². The van der Waals surface area contributed by atoms with E-state index in [1.54, 1.807) is 18.2 Å². The predicted octanol–water partition coefficient (Wildman–Crippen LogP) is 3.84. The van der Waals surface area contributed by atoms with Gasteiger partial charge in [0.1, 0.15) is 11.7 Å². The lowest BCUT2D eigenvalue weighted by molar-refractivity contribution is -0.128. The van der Waals surface area contributed by atoms with Crippen LogP contribution in [0.1, 0.15) is 41.7 Å². The Morgan fingerprint density at radius 1 is 0.872 bits per heavy atom. The van der Waals surface area contributed by atoms with Gasteiger partial charge in [-0.1, -0.05) is 79.2 Å². The van der Waals surface area contributed by atoms with Crippen molar-refractivity contribution in [1.29, 1.82) is 0 Å². The van der Waals surface area contributed by atoms with Crippen LogP contribution in [-0.4, -0.2) is 62.9 Å². The summed E-state index contributed by atoms with van der Waals surface area (Å²) < 4.78 is 0. The number of thioether (sulfide) groups is 1. The summed E-state index contributed by atoms with van der Waals surface area (Å²) >= 11 is 1.52. The zero-order valence-corrected chi connectivity index (χ0v) is 26.7. The van der Waals surface area contributed by atoms with Gasteiger partial charge in [-0.25, -0.2) is 4.98 Å². The number of anilines is 1.